The monoisotopic (exact) mass is 256 g/mol. The van der Waals surface area contributed by atoms with Gasteiger partial charge in [-0.25, -0.2) is 0 Å². The third-order valence-electron chi connectivity index (χ3n) is 2.52. The Bertz CT molecular complexity index is 619. The van der Waals surface area contributed by atoms with Gasteiger partial charge in [0.05, 0.1) is 10.6 Å². The maximum atomic E-state index is 9.25. The molecule has 0 heterocycles. The van der Waals surface area contributed by atoms with Crippen LogP contribution >= 0.6 is 11.6 Å². The molecule has 0 bridgehead atoms. The van der Waals surface area contributed by atoms with Gasteiger partial charge in [-0.3, -0.25) is 0 Å². The SMILES string of the molecule is N#C/C(=C1C=C/C(=N/O)C(Cl)=C/1)c1ccccc1. The molecule has 3 nitrogen and oxygen atoms in total. The van der Waals surface area contributed by atoms with Crippen LogP contribution in [0.4, 0.5) is 0 Å². The third kappa shape index (κ3) is 2.34. The van der Waals surface area contributed by atoms with E-state index in [0.29, 0.717) is 16.2 Å². The minimum absolute atomic E-state index is 0.283. The normalized spacial score (nSPS) is 19.3. The quantitative estimate of drug-likeness (QED) is 0.475. The van der Waals surface area contributed by atoms with Crippen molar-refractivity contribution in [1.29, 1.82) is 5.26 Å². The van der Waals surface area contributed by atoms with E-state index >= 15 is 0 Å². The summed E-state index contributed by atoms with van der Waals surface area (Å²) in [6, 6.07) is 11.5. The summed E-state index contributed by atoms with van der Waals surface area (Å²) in [4.78, 5) is 0. The maximum absolute atomic E-state index is 9.25. The highest BCUT2D eigenvalue weighted by molar-refractivity contribution is 6.46. The Morgan fingerprint density at radius 1 is 1.22 bits per heavy atom. The fraction of sp³-hybridized carbons (Fsp3) is 0. The molecule has 4 heteroatoms. The van der Waals surface area contributed by atoms with Gasteiger partial charge in [-0.2, -0.15) is 5.26 Å². The molecule has 1 aliphatic rings. The third-order valence-corrected chi connectivity index (χ3v) is 2.82. The van der Waals surface area contributed by atoms with E-state index in [1.807, 2.05) is 30.3 Å². The lowest BCUT2D eigenvalue weighted by atomic mass is 9.97. The van der Waals surface area contributed by atoms with Crippen molar-refractivity contribution in [1.82, 2.24) is 0 Å². The first-order valence-corrected chi connectivity index (χ1v) is 5.61. The minimum atomic E-state index is 0.283. The van der Waals surface area contributed by atoms with Gasteiger partial charge in [0.25, 0.3) is 0 Å². The predicted molar refractivity (Wildman–Crippen MR) is 71.3 cm³/mol. The lowest BCUT2D eigenvalue weighted by molar-refractivity contribution is 0.320. The molecular weight excluding hydrogens is 248 g/mol. The number of oxime groups is 1. The number of hydrogen-bond donors (Lipinski definition) is 1. The van der Waals surface area contributed by atoms with Gasteiger partial charge < -0.3 is 5.21 Å². The second-order valence-electron chi connectivity index (χ2n) is 3.62. The van der Waals surface area contributed by atoms with Crippen LogP contribution in [0.2, 0.25) is 0 Å². The second-order valence-corrected chi connectivity index (χ2v) is 4.03. The van der Waals surface area contributed by atoms with Crippen LogP contribution < -0.4 is 0 Å². The van der Waals surface area contributed by atoms with Crippen LogP contribution in [-0.2, 0) is 0 Å². The van der Waals surface area contributed by atoms with E-state index in [0.717, 1.165) is 5.56 Å². The molecule has 0 aromatic heterocycles. The van der Waals surface area contributed by atoms with E-state index in [4.69, 9.17) is 16.8 Å². The van der Waals surface area contributed by atoms with Crippen LogP contribution in [0.3, 0.4) is 0 Å². The molecule has 0 fully saturated rings. The number of nitrogens with zero attached hydrogens (tertiary/aromatic N) is 2. The topological polar surface area (TPSA) is 56.4 Å². The van der Waals surface area contributed by atoms with Gasteiger partial charge in [-0.15, -0.1) is 0 Å². The first-order chi connectivity index (χ1) is 8.76. The molecule has 1 aliphatic carbocycles. The molecule has 0 spiro atoms. The van der Waals surface area contributed by atoms with Crippen LogP contribution in [0.15, 0.2) is 64.3 Å². The number of allylic oxidation sites excluding steroid dienone is 6. The Balaban J connectivity index is 2.52. The van der Waals surface area contributed by atoms with Crippen molar-refractivity contribution in [3.63, 3.8) is 0 Å². The number of nitriles is 1. The zero-order valence-electron chi connectivity index (χ0n) is 9.34. The average molecular weight is 257 g/mol. The summed E-state index contributed by atoms with van der Waals surface area (Å²) in [5.74, 6) is 0. The standard InChI is InChI=1S/C14H9ClN2O/c15-13-8-11(6-7-14(13)17-18)12(9-16)10-4-2-1-3-5-10/h1-8,18H/b12-11+,17-14-. The first-order valence-electron chi connectivity index (χ1n) is 5.23. The summed E-state index contributed by atoms with van der Waals surface area (Å²) >= 11 is 5.94. The Morgan fingerprint density at radius 2 is 1.94 bits per heavy atom. The molecule has 0 saturated carbocycles. The summed E-state index contributed by atoms with van der Waals surface area (Å²) in [5, 5.41) is 21.3. The van der Waals surface area contributed by atoms with Gasteiger partial charge in [0.2, 0.25) is 0 Å². The van der Waals surface area contributed by atoms with Gasteiger partial charge in [-0.1, -0.05) is 53.2 Å². The number of hydrogen-bond acceptors (Lipinski definition) is 3. The van der Waals surface area contributed by atoms with E-state index in [-0.39, 0.29) is 5.71 Å². The van der Waals surface area contributed by atoms with E-state index in [2.05, 4.69) is 11.2 Å². The van der Waals surface area contributed by atoms with E-state index < -0.39 is 0 Å². The number of rotatable bonds is 1. The average Bonchev–Trinajstić information content (AvgIpc) is 2.41. The predicted octanol–water partition coefficient (Wildman–Crippen LogP) is 3.49. The second kappa shape index (κ2) is 5.35. The maximum Gasteiger partial charge on any atom is 0.121 e. The van der Waals surface area contributed by atoms with E-state index in [1.54, 1.807) is 18.2 Å². The molecule has 0 aliphatic heterocycles. The minimum Gasteiger partial charge on any atom is -0.410 e. The molecule has 1 aromatic rings. The number of benzene rings is 1. The van der Waals surface area contributed by atoms with Gasteiger partial charge in [0.1, 0.15) is 11.8 Å². The molecule has 88 valence electrons. The van der Waals surface area contributed by atoms with Crippen molar-refractivity contribution < 1.29 is 5.21 Å². The highest BCUT2D eigenvalue weighted by Gasteiger charge is 2.12. The zero-order chi connectivity index (χ0) is 13.0. The zero-order valence-corrected chi connectivity index (χ0v) is 10.1. The lowest BCUT2D eigenvalue weighted by Crippen LogP contribution is -2.00. The fourth-order valence-electron chi connectivity index (χ4n) is 1.64. The van der Waals surface area contributed by atoms with Gasteiger partial charge >= 0.3 is 0 Å². The van der Waals surface area contributed by atoms with Gasteiger partial charge in [0, 0.05) is 0 Å². The Morgan fingerprint density at radius 3 is 2.50 bits per heavy atom. The summed E-state index contributed by atoms with van der Waals surface area (Å²) in [6.45, 7) is 0. The van der Waals surface area contributed by atoms with Gasteiger partial charge in [-0.05, 0) is 23.3 Å². The van der Waals surface area contributed by atoms with Crippen molar-refractivity contribution in [2.45, 2.75) is 0 Å². The Hall–Kier alpha value is -2.31. The molecule has 0 atom stereocenters. The summed E-state index contributed by atoms with van der Waals surface area (Å²) in [6.07, 6.45) is 4.88. The molecular formula is C14H9ClN2O. The Labute approximate surface area is 110 Å². The van der Waals surface area contributed by atoms with Crippen molar-refractivity contribution >= 4 is 22.9 Å². The van der Waals surface area contributed by atoms with Gasteiger partial charge in [0.15, 0.2) is 0 Å². The van der Waals surface area contributed by atoms with Crippen LogP contribution in [0.5, 0.6) is 0 Å². The molecule has 1 aromatic carbocycles. The largest absolute Gasteiger partial charge is 0.410 e. The van der Waals surface area contributed by atoms with Crippen molar-refractivity contribution in [2.75, 3.05) is 0 Å². The van der Waals surface area contributed by atoms with Crippen LogP contribution in [0, 0.1) is 11.3 Å². The van der Waals surface area contributed by atoms with E-state index in [9.17, 15) is 5.26 Å². The summed E-state index contributed by atoms with van der Waals surface area (Å²) < 4.78 is 0. The summed E-state index contributed by atoms with van der Waals surface area (Å²) in [5.41, 5.74) is 2.33. The number of halogens is 1. The van der Waals surface area contributed by atoms with Crippen molar-refractivity contribution in [3.8, 4) is 6.07 Å². The first kappa shape index (κ1) is 12.2. The molecule has 1 N–H and O–H groups in total. The molecule has 0 amide bonds. The molecule has 0 unspecified atom stereocenters. The highest BCUT2D eigenvalue weighted by atomic mass is 35.5. The van der Waals surface area contributed by atoms with Crippen LogP contribution in [0.25, 0.3) is 5.57 Å². The smallest absolute Gasteiger partial charge is 0.121 e. The van der Waals surface area contributed by atoms with Crippen LogP contribution in [-0.4, -0.2) is 10.9 Å². The molecule has 0 radical (unpaired) electrons. The summed E-state index contributed by atoms with van der Waals surface area (Å²) in [7, 11) is 0. The van der Waals surface area contributed by atoms with Crippen molar-refractivity contribution in [2.24, 2.45) is 5.16 Å². The van der Waals surface area contributed by atoms with Crippen molar-refractivity contribution in [3.05, 3.63) is 64.7 Å². The Kier molecular flexibility index (Phi) is 3.61. The highest BCUT2D eigenvalue weighted by Crippen LogP contribution is 2.25. The van der Waals surface area contributed by atoms with E-state index in [1.165, 1.54) is 0 Å². The molecule has 0 saturated heterocycles. The molecule has 18 heavy (non-hydrogen) atoms. The lowest BCUT2D eigenvalue weighted by Gasteiger charge is -2.08. The fourth-order valence-corrected chi connectivity index (χ4v) is 1.86. The molecule has 2 rings (SSSR count). The van der Waals surface area contributed by atoms with Crippen LogP contribution in [0.1, 0.15) is 5.56 Å².